The Kier molecular flexibility index (Phi) is 7.37. The van der Waals surface area contributed by atoms with Crippen LogP contribution < -0.4 is 14.8 Å². The average Bonchev–Trinajstić information content (AvgIpc) is 2.64. The van der Waals surface area contributed by atoms with Crippen LogP contribution in [0.25, 0.3) is 6.08 Å². The Labute approximate surface area is 172 Å². The van der Waals surface area contributed by atoms with Gasteiger partial charge in [0.2, 0.25) is 0 Å². The number of nitriles is 1. The number of benzene rings is 2. The van der Waals surface area contributed by atoms with E-state index < -0.39 is 5.91 Å². The Morgan fingerprint density at radius 2 is 1.93 bits per heavy atom. The molecule has 0 aliphatic carbocycles. The van der Waals surface area contributed by atoms with Crippen molar-refractivity contribution in [2.45, 2.75) is 6.92 Å². The molecule has 27 heavy (non-hydrogen) atoms. The molecule has 2 aromatic rings. The third-order valence-corrected chi connectivity index (χ3v) is 4.41. The summed E-state index contributed by atoms with van der Waals surface area (Å²) in [6.07, 6.45) is 1.40. The van der Waals surface area contributed by atoms with Gasteiger partial charge in [0.25, 0.3) is 5.91 Å². The number of carbonyl (C=O) groups excluding carboxylic acids is 1. The van der Waals surface area contributed by atoms with Crippen molar-refractivity contribution in [2.75, 3.05) is 19.0 Å². The molecule has 2 rings (SSSR count). The Morgan fingerprint density at radius 1 is 1.19 bits per heavy atom. The summed E-state index contributed by atoms with van der Waals surface area (Å²) in [5.41, 5.74) is 0.808. The topological polar surface area (TPSA) is 71.3 Å². The SMILES string of the molecule is CCOc1c(Cl)cc(/C=C(\C#N)C(=O)Nc2ccc(Cl)c(Cl)c2)cc1OC. The van der Waals surface area contributed by atoms with E-state index in [4.69, 9.17) is 44.3 Å². The van der Waals surface area contributed by atoms with E-state index in [9.17, 15) is 10.1 Å². The molecule has 0 bridgehead atoms. The summed E-state index contributed by atoms with van der Waals surface area (Å²) in [6, 6.07) is 9.70. The zero-order valence-electron chi connectivity index (χ0n) is 14.5. The molecule has 0 saturated heterocycles. The number of ether oxygens (including phenoxy) is 2. The van der Waals surface area contributed by atoms with Crippen LogP contribution in [-0.2, 0) is 4.79 Å². The Morgan fingerprint density at radius 3 is 2.52 bits per heavy atom. The van der Waals surface area contributed by atoms with Crippen molar-refractivity contribution in [3.8, 4) is 17.6 Å². The number of nitrogens with one attached hydrogen (secondary N) is 1. The lowest BCUT2D eigenvalue weighted by Gasteiger charge is -2.12. The first-order valence-electron chi connectivity index (χ1n) is 7.78. The third-order valence-electron chi connectivity index (χ3n) is 3.39. The lowest BCUT2D eigenvalue weighted by molar-refractivity contribution is -0.112. The van der Waals surface area contributed by atoms with Crippen LogP contribution in [0.4, 0.5) is 5.69 Å². The summed E-state index contributed by atoms with van der Waals surface area (Å²) in [5.74, 6) is 0.204. The van der Waals surface area contributed by atoms with Crippen LogP contribution in [-0.4, -0.2) is 19.6 Å². The van der Waals surface area contributed by atoms with Crippen LogP contribution in [0.5, 0.6) is 11.5 Å². The summed E-state index contributed by atoms with van der Waals surface area (Å²) < 4.78 is 10.7. The number of anilines is 1. The predicted octanol–water partition coefficient (Wildman–Crippen LogP) is 5.60. The lowest BCUT2D eigenvalue weighted by atomic mass is 10.1. The van der Waals surface area contributed by atoms with Crippen molar-refractivity contribution < 1.29 is 14.3 Å². The van der Waals surface area contributed by atoms with E-state index in [1.165, 1.54) is 19.3 Å². The number of carbonyl (C=O) groups is 1. The minimum atomic E-state index is -0.597. The molecule has 0 saturated carbocycles. The number of nitrogens with zero attached hydrogens (tertiary/aromatic N) is 1. The fraction of sp³-hybridized carbons (Fsp3) is 0.158. The molecule has 0 spiro atoms. The van der Waals surface area contributed by atoms with Gasteiger partial charge in [0.1, 0.15) is 11.6 Å². The predicted molar refractivity (Wildman–Crippen MR) is 108 cm³/mol. The first-order chi connectivity index (χ1) is 12.9. The van der Waals surface area contributed by atoms with Gasteiger partial charge in [0, 0.05) is 5.69 Å². The highest BCUT2D eigenvalue weighted by Gasteiger charge is 2.14. The zero-order chi connectivity index (χ0) is 20.0. The van der Waals surface area contributed by atoms with E-state index in [0.717, 1.165) is 0 Å². The molecule has 0 aliphatic rings. The second-order valence-corrected chi connectivity index (χ2v) is 6.44. The number of hydrogen-bond donors (Lipinski definition) is 1. The summed E-state index contributed by atoms with van der Waals surface area (Å²) >= 11 is 18.0. The maximum Gasteiger partial charge on any atom is 0.266 e. The van der Waals surface area contributed by atoms with Gasteiger partial charge in [-0.05, 0) is 48.9 Å². The third kappa shape index (κ3) is 5.30. The molecular weight excluding hydrogens is 411 g/mol. The molecule has 140 valence electrons. The fourth-order valence-corrected chi connectivity index (χ4v) is 2.77. The number of methoxy groups -OCH3 is 1. The maximum atomic E-state index is 12.4. The van der Waals surface area contributed by atoms with Gasteiger partial charge in [-0.15, -0.1) is 0 Å². The van der Waals surface area contributed by atoms with E-state index in [0.29, 0.717) is 44.4 Å². The molecule has 0 heterocycles. The maximum absolute atomic E-state index is 12.4. The standard InChI is InChI=1S/C19H15Cl3N2O3/c1-3-27-18-16(22)7-11(8-17(18)26-2)6-12(10-23)19(25)24-13-4-5-14(20)15(21)9-13/h4-9H,3H2,1-2H3,(H,24,25)/b12-6+. The molecule has 0 aliphatic heterocycles. The van der Waals surface area contributed by atoms with Crippen molar-refractivity contribution in [1.82, 2.24) is 0 Å². The second kappa shape index (κ2) is 9.52. The molecule has 1 amide bonds. The first kappa shape index (κ1) is 20.9. The number of amides is 1. The molecule has 0 atom stereocenters. The van der Waals surface area contributed by atoms with Gasteiger partial charge in [-0.25, -0.2) is 0 Å². The molecule has 0 aromatic heterocycles. The van der Waals surface area contributed by atoms with E-state index in [-0.39, 0.29) is 5.57 Å². The lowest BCUT2D eigenvalue weighted by Crippen LogP contribution is -2.13. The van der Waals surface area contributed by atoms with Gasteiger partial charge >= 0.3 is 0 Å². The second-order valence-electron chi connectivity index (χ2n) is 5.22. The Balaban J connectivity index is 2.32. The number of hydrogen-bond acceptors (Lipinski definition) is 4. The van der Waals surface area contributed by atoms with Crippen LogP contribution in [0, 0.1) is 11.3 Å². The van der Waals surface area contributed by atoms with Gasteiger partial charge in [0.15, 0.2) is 11.5 Å². The molecule has 5 nitrogen and oxygen atoms in total. The first-order valence-corrected chi connectivity index (χ1v) is 8.91. The summed E-state index contributed by atoms with van der Waals surface area (Å²) in [5, 5.41) is 12.9. The summed E-state index contributed by atoms with van der Waals surface area (Å²) in [4.78, 5) is 12.4. The van der Waals surface area contributed by atoms with E-state index in [1.807, 2.05) is 13.0 Å². The van der Waals surface area contributed by atoms with Gasteiger partial charge in [-0.3, -0.25) is 4.79 Å². The van der Waals surface area contributed by atoms with Crippen molar-refractivity contribution in [3.05, 3.63) is 56.5 Å². The van der Waals surface area contributed by atoms with E-state index in [1.54, 1.807) is 24.3 Å². The monoisotopic (exact) mass is 424 g/mol. The molecule has 0 fully saturated rings. The number of halogens is 3. The van der Waals surface area contributed by atoms with Crippen LogP contribution >= 0.6 is 34.8 Å². The molecular formula is C19H15Cl3N2O3. The molecule has 0 unspecified atom stereocenters. The molecule has 2 aromatic carbocycles. The highest BCUT2D eigenvalue weighted by molar-refractivity contribution is 6.42. The van der Waals surface area contributed by atoms with E-state index >= 15 is 0 Å². The van der Waals surface area contributed by atoms with Crippen molar-refractivity contribution in [1.29, 1.82) is 5.26 Å². The molecule has 0 radical (unpaired) electrons. The largest absolute Gasteiger partial charge is 0.493 e. The van der Waals surface area contributed by atoms with Crippen molar-refractivity contribution >= 4 is 52.5 Å². The molecule has 8 heteroatoms. The summed E-state index contributed by atoms with van der Waals surface area (Å²) in [6.45, 7) is 2.24. The summed E-state index contributed by atoms with van der Waals surface area (Å²) in [7, 11) is 1.48. The van der Waals surface area contributed by atoms with Crippen LogP contribution in [0.2, 0.25) is 15.1 Å². The Bertz CT molecular complexity index is 937. The smallest absolute Gasteiger partial charge is 0.266 e. The Hall–Kier alpha value is -2.39. The normalized spacial score (nSPS) is 10.9. The van der Waals surface area contributed by atoms with Crippen molar-refractivity contribution in [3.63, 3.8) is 0 Å². The van der Waals surface area contributed by atoms with Gasteiger partial charge in [0.05, 0.1) is 28.8 Å². The molecule has 1 N–H and O–H groups in total. The van der Waals surface area contributed by atoms with Crippen LogP contribution in [0.1, 0.15) is 12.5 Å². The van der Waals surface area contributed by atoms with Gasteiger partial charge < -0.3 is 14.8 Å². The minimum Gasteiger partial charge on any atom is -0.493 e. The van der Waals surface area contributed by atoms with Crippen molar-refractivity contribution in [2.24, 2.45) is 0 Å². The highest BCUT2D eigenvalue weighted by Crippen LogP contribution is 2.37. The quantitative estimate of drug-likeness (QED) is 0.483. The van der Waals surface area contributed by atoms with Crippen LogP contribution in [0.15, 0.2) is 35.9 Å². The van der Waals surface area contributed by atoms with E-state index in [2.05, 4.69) is 5.32 Å². The van der Waals surface area contributed by atoms with Gasteiger partial charge in [-0.1, -0.05) is 34.8 Å². The van der Waals surface area contributed by atoms with Gasteiger partial charge in [-0.2, -0.15) is 5.26 Å². The minimum absolute atomic E-state index is 0.122. The zero-order valence-corrected chi connectivity index (χ0v) is 16.7. The fourth-order valence-electron chi connectivity index (χ4n) is 2.20. The van der Waals surface area contributed by atoms with Crippen LogP contribution in [0.3, 0.4) is 0 Å². The highest BCUT2D eigenvalue weighted by atomic mass is 35.5. The average molecular weight is 426 g/mol. The number of rotatable bonds is 6.